The van der Waals surface area contributed by atoms with Crippen molar-refractivity contribution in [3.63, 3.8) is 0 Å². The maximum absolute atomic E-state index is 4.78. The summed E-state index contributed by atoms with van der Waals surface area (Å²) in [5, 5.41) is 3.33. The van der Waals surface area contributed by atoms with Gasteiger partial charge in [-0.1, -0.05) is 6.92 Å². The van der Waals surface area contributed by atoms with E-state index in [0.29, 0.717) is 12.1 Å². The Morgan fingerprint density at radius 2 is 2.14 bits per heavy atom. The molecule has 0 amide bonds. The molecule has 0 bridgehead atoms. The first-order chi connectivity index (χ1) is 10.2. The third-order valence-corrected chi connectivity index (χ3v) is 4.66. The van der Waals surface area contributed by atoms with Gasteiger partial charge >= 0.3 is 0 Å². The van der Waals surface area contributed by atoms with E-state index in [1.54, 1.807) is 0 Å². The van der Waals surface area contributed by atoms with E-state index < -0.39 is 0 Å². The second kappa shape index (κ2) is 6.18. The van der Waals surface area contributed by atoms with Gasteiger partial charge in [0.2, 0.25) is 0 Å². The van der Waals surface area contributed by atoms with Crippen LogP contribution in [-0.4, -0.2) is 53.1 Å². The number of aromatic nitrogens is 2. The summed E-state index contributed by atoms with van der Waals surface area (Å²) in [5.41, 5.74) is 0. The van der Waals surface area contributed by atoms with Gasteiger partial charge in [0.15, 0.2) is 0 Å². The van der Waals surface area contributed by atoms with E-state index in [-0.39, 0.29) is 0 Å². The summed E-state index contributed by atoms with van der Waals surface area (Å²) in [4.78, 5) is 14.5. The van der Waals surface area contributed by atoms with E-state index in [4.69, 9.17) is 4.98 Å². The van der Waals surface area contributed by atoms with Crippen LogP contribution in [0, 0.1) is 0 Å². The minimum absolute atomic E-state index is 0.522. The predicted octanol–water partition coefficient (Wildman–Crippen LogP) is 2.14. The van der Waals surface area contributed by atoms with Crippen molar-refractivity contribution in [1.29, 1.82) is 0 Å². The van der Waals surface area contributed by atoms with Crippen LogP contribution in [0.3, 0.4) is 0 Å². The third-order valence-electron chi connectivity index (χ3n) is 4.66. The Balaban J connectivity index is 1.85. The second-order valence-electron chi connectivity index (χ2n) is 6.20. The van der Waals surface area contributed by atoms with E-state index in [1.807, 2.05) is 0 Å². The highest BCUT2D eigenvalue weighted by molar-refractivity contribution is 5.50. The zero-order valence-electron chi connectivity index (χ0n) is 13.5. The maximum atomic E-state index is 4.78. The highest BCUT2D eigenvalue weighted by Crippen LogP contribution is 2.28. The molecule has 0 spiro atoms. The number of aryl methyl sites for hydroxylation is 1. The largest absolute Gasteiger partial charge is 0.370 e. The first kappa shape index (κ1) is 14.6. The SMILES string of the molecule is CCNc1cc(N2CC3CCCN3CC2C)nc(CC)n1. The topological polar surface area (TPSA) is 44.3 Å². The number of piperazine rings is 1. The highest BCUT2D eigenvalue weighted by atomic mass is 15.3. The van der Waals surface area contributed by atoms with Crippen LogP contribution in [0.4, 0.5) is 11.6 Å². The van der Waals surface area contributed by atoms with Crippen molar-refractivity contribution in [1.82, 2.24) is 14.9 Å². The van der Waals surface area contributed by atoms with Crippen molar-refractivity contribution >= 4 is 11.6 Å². The molecule has 0 aliphatic carbocycles. The number of hydrogen-bond donors (Lipinski definition) is 1. The molecule has 2 atom stereocenters. The lowest BCUT2D eigenvalue weighted by molar-refractivity contribution is 0.202. The zero-order chi connectivity index (χ0) is 14.8. The van der Waals surface area contributed by atoms with Gasteiger partial charge < -0.3 is 10.2 Å². The molecule has 5 nitrogen and oxygen atoms in total. The Morgan fingerprint density at radius 3 is 2.90 bits per heavy atom. The molecule has 3 rings (SSSR count). The van der Waals surface area contributed by atoms with Crippen molar-refractivity contribution in [3.8, 4) is 0 Å². The lowest BCUT2D eigenvalue weighted by Crippen LogP contribution is -2.55. The summed E-state index contributed by atoms with van der Waals surface area (Å²) in [6, 6.07) is 3.35. The number of fused-ring (bicyclic) bond motifs is 1. The van der Waals surface area contributed by atoms with Gasteiger partial charge in [0.25, 0.3) is 0 Å². The fraction of sp³-hybridized carbons (Fsp3) is 0.750. The first-order valence-corrected chi connectivity index (χ1v) is 8.33. The van der Waals surface area contributed by atoms with E-state index in [2.05, 4.69) is 46.9 Å². The molecule has 5 heteroatoms. The molecular weight excluding hydrogens is 262 g/mol. The van der Waals surface area contributed by atoms with Gasteiger partial charge in [0.1, 0.15) is 17.5 Å². The molecule has 2 saturated heterocycles. The van der Waals surface area contributed by atoms with Crippen molar-refractivity contribution in [2.45, 2.75) is 52.1 Å². The molecule has 0 aromatic carbocycles. The van der Waals surface area contributed by atoms with Crippen LogP contribution in [0.2, 0.25) is 0 Å². The summed E-state index contributed by atoms with van der Waals surface area (Å²) in [6.07, 6.45) is 3.55. The van der Waals surface area contributed by atoms with E-state index in [0.717, 1.165) is 43.5 Å². The molecule has 1 aromatic heterocycles. The zero-order valence-corrected chi connectivity index (χ0v) is 13.5. The molecule has 2 fully saturated rings. The summed E-state index contributed by atoms with van der Waals surface area (Å²) in [6.45, 7) is 11.0. The molecule has 2 unspecified atom stereocenters. The summed E-state index contributed by atoms with van der Waals surface area (Å²) in [7, 11) is 0. The van der Waals surface area contributed by atoms with Gasteiger partial charge in [-0.2, -0.15) is 0 Å². The fourth-order valence-electron chi connectivity index (χ4n) is 3.57. The number of hydrogen-bond acceptors (Lipinski definition) is 5. The minimum Gasteiger partial charge on any atom is -0.370 e. The lowest BCUT2D eigenvalue weighted by Gasteiger charge is -2.43. The van der Waals surface area contributed by atoms with Crippen LogP contribution in [0.1, 0.15) is 39.4 Å². The molecule has 3 heterocycles. The van der Waals surface area contributed by atoms with Crippen molar-refractivity contribution in [2.75, 3.05) is 36.4 Å². The number of nitrogens with one attached hydrogen (secondary N) is 1. The minimum atomic E-state index is 0.522. The number of nitrogens with zero attached hydrogens (tertiary/aromatic N) is 4. The van der Waals surface area contributed by atoms with Crippen LogP contribution in [0.25, 0.3) is 0 Å². The first-order valence-electron chi connectivity index (χ1n) is 8.33. The normalized spacial score (nSPS) is 26.0. The summed E-state index contributed by atoms with van der Waals surface area (Å²) in [5.74, 6) is 2.99. The Kier molecular flexibility index (Phi) is 4.29. The Labute approximate surface area is 127 Å². The molecule has 2 aliphatic rings. The standard InChI is InChI=1S/C16H27N5/c1-4-14-18-15(17-5-2)9-16(19-14)21-11-13-7-6-8-20(13)10-12(21)3/h9,12-13H,4-8,10-11H2,1-3H3,(H,17,18,19). The average molecular weight is 289 g/mol. The van der Waals surface area contributed by atoms with Gasteiger partial charge in [-0.05, 0) is 33.2 Å². The smallest absolute Gasteiger partial charge is 0.134 e. The second-order valence-corrected chi connectivity index (χ2v) is 6.20. The Morgan fingerprint density at radius 1 is 1.29 bits per heavy atom. The van der Waals surface area contributed by atoms with Crippen molar-refractivity contribution in [2.24, 2.45) is 0 Å². The van der Waals surface area contributed by atoms with Crippen molar-refractivity contribution < 1.29 is 0 Å². The van der Waals surface area contributed by atoms with Crippen LogP contribution < -0.4 is 10.2 Å². The monoisotopic (exact) mass is 289 g/mol. The quantitative estimate of drug-likeness (QED) is 0.920. The van der Waals surface area contributed by atoms with E-state index in [9.17, 15) is 0 Å². The van der Waals surface area contributed by atoms with Gasteiger partial charge in [-0.3, -0.25) is 4.90 Å². The molecule has 2 aliphatic heterocycles. The lowest BCUT2D eigenvalue weighted by atomic mass is 10.1. The number of anilines is 2. The predicted molar refractivity (Wildman–Crippen MR) is 87.0 cm³/mol. The highest BCUT2D eigenvalue weighted by Gasteiger charge is 2.35. The van der Waals surface area contributed by atoms with Crippen molar-refractivity contribution in [3.05, 3.63) is 11.9 Å². The van der Waals surface area contributed by atoms with Crippen LogP contribution >= 0.6 is 0 Å². The molecular formula is C16H27N5. The van der Waals surface area contributed by atoms with Gasteiger partial charge in [-0.25, -0.2) is 9.97 Å². The van der Waals surface area contributed by atoms with E-state index >= 15 is 0 Å². The summed E-state index contributed by atoms with van der Waals surface area (Å²) < 4.78 is 0. The molecule has 116 valence electrons. The van der Waals surface area contributed by atoms with Crippen LogP contribution in [-0.2, 0) is 6.42 Å². The number of rotatable bonds is 4. The van der Waals surface area contributed by atoms with E-state index in [1.165, 1.54) is 19.4 Å². The van der Waals surface area contributed by atoms with Gasteiger partial charge in [-0.15, -0.1) is 0 Å². The molecule has 1 N–H and O–H groups in total. The van der Waals surface area contributed by atoms with Gasteiger partial charge in [0.05, 0.1) is 0 Å². The van der Waals surface area contributed by atoms with Gasteiger partial charge in [0, 0.05) is 44.2 Å². The molecule has 1 aromatic rings. The molecule has 0 radical (unpaired) electrons. The molecule has 0 saturated carbocycles. The maximum Gasteiger partial charge on any atom is 0.134 e. The molecule has 21 heavy (non-hydrogen) atoms. The average Bonchev–Trinajstić information content (AvgIpc) is 2.93. The Bertz CT molecular complexity index is 490. The summed E-state index contributed by atoms with van der Waals surface area (Å²) >= 11 is 0. The van der Waals surface area contributed by atoms with Crippen LogP contribution in [0.15, 0.2) is 6.07 Å². The Hall–Kier alpha value is -1.36. The third kappa shape index (κ3) is 2.98. The fourth-order valence-corrected chi connectivity index (χ4v) is 3.57. The van der Waals surface area contributed by atoms with Crippen LogP contribution in [0.5, 0.6) is 0 Å².